The molecule has 4 rings (SSSR count). The second-order valence-electron chi connectivity index (χ2n) is 8.57. The Balaban J connectivity index is 0.00000225. The van der Waals surface area contributed by atoms with E-state index in [9.17, 15) is 0 Å². The fourth-order valence-electron chi connectivity index (χ4n) is 5.68. The first-order chi connectivity index (χ1) is 13.1. The molecule has 0 radical (unpaired) electrons. The third kappa shape index (κ3) is 4.06. The average Bonchev–Trinajstić information content (AvgIpc) is 3.36. The second-order valence-corrected chi connectivity index (χ2v) is 8.57. The smallest absolute Gasteiger partial charge is 0.191 e. The molecule has 2 saturated carbocycles. The summed E-state index contributed by atoms with van der Waals surface area (Å²) in [6.07, 6.45) is 8.01. The number of fused-ring (bicyclic) bond motifs is 2. The van der Waals surface area contributed by atoms with E-state index in [1.54, 1.807) is 0 Å². The van der Waals surface area contributed by atoms with E-state index in [-0.39, 0.29) is 24.0 Å². The lowest BCUT2D eigenvalue weighted by atomic mass is 9.54. The molecule has 1 aromatic rings. The van der Waals surface area contributed by atoms with Crippen molar-refractivity contribution in [3.63, 3.8) is 0 Å². The van der Waals surface area contributed by atoms with Gasteiger partial charge in [-0.1, -0.05) is 12.8 Å². The Labute approximate surface area is 186 Å². The highest BCUT2D eigenvalue weighted by molar-refractivity contribution is 14.0. The Morgan fingerprint density at radius 1 is 1.36 bits per heavy atom. The molecule has 0 amide bonds. The summed E-state index contributed by atoms with van der Waals surface area (Å²) >= 11 is 0. The highest BCUT2D eigenvalue weighted by Crippen LogP contribution is 2.60. The Kier molecular flexibility index (Phi) is 7.28. The minimum absolute atomic E-state index is 0. The van der Waals surface area contributed by atoms with Gasteiger partial charge in [-0.15, -0.1) is 24.0 Å². The predicted octanol–water partition coefficient (Wildman–Crippen LogP) is 3.41. The monoisotopic (exact) mass is 501 g/mol. The topological polar surface area (TPSA) is 63.5 Å². The number of hydrogen-bond donors (Lipinski definition) is 2. The quantitative estimate of drug-likeness (QED) is 0.272. The van der Waals surface area contributed by atoms with Crippen LogP contribution in [-0.4, -0.2) is 47.6 Å². The third-order valence-electron chi connectivity index (χ3n) is 6.82. The number of ether oxygens (including phenoxy) is 1. The molecule has 1 spiro atoms. The zero-order valence-electron chi connectivity index (χ0n) is 17.5. The molecule has 3 unspecified atom stereocenters. The summed E-state index contributed by atoms with van der Waals surface area (Å²) in [6.45, 7) is 9.88. The Morgan fingerprint density at radius 3 is 2.82 bits per heavy atom. The van der Waals surface area contributed by atoms with Gasteiger partial charge in [0, 0.05) is 49.3 Å². The summed E-state index contributed by atoms with van der Waals surface area (Å²) in [6, 6.07) is 2.66. The minimum atomic E-state index is 0. The Hall–Kier alpha value is -0.830. The summed E-state index contributed by atoms with van der Waals surface area (Å²) in [5.74, 6) is 1.65. The number of nitrogens with zero attached hydrogens (tertiary/aromatic N) is 3. The van der Waals surface area contributed by atoms with Crippen molar-refractivity contribution in [2.24, 2.45) is 16.3 Å². The highest BCUT2D eigenvalue weighted by Gasteiger charge is 2.65. The number of hydrogen-bond acceptors (Lipinski definition) is 3. The molecule has 1 saturated heterocycles. The number of aryl methyl sites for hydroxylation is 3. The molecular formula is C21H36IN5O. The fraction of sp³-hybridized carbons (Fsp3) is 0.810. The van der Waals surface area contributed by atoms with Crippen LogP contribution in [0.15, 0.2) is 11.1 Å². The minimum Gasteiger partial charge on any atom is -0.377 e. The number of rotatable bonds is 6. The molecule has 3 atom stereocenters. The van der Waals surface area contributed by atoms with E-state index in [1.165, 1.54) is 37.8 Å². The molecule has 0 aromatic carbocycles. The van der Waals surface area contributed by atoms with Crippen molar-refractivity contribution in [2.75, 3.05) is 19.7 Å². The van der Waals surface area contributed by atoms with Gasteiger partial charge in [0.25, 0.3) is 0 Å². The summed E-state index contributed by atoms with van der Waals surface area (Å²) in [4.78, 5) is 4.87. The van der Waals surface area contributed by atoms with E-state index in [0.717, 1.165) is 44.3 Å². The lowest BCUT2D eigenvalue weighted by molar-refractivity contribution is -0.125. The molecule has 2 heterocycles. The number of aliphatic imine (C=N–C) groups is 1. The lowest BCUT2D eigenvalue weighted by Crippen LogP contribution is -2.69. The molecular weight excluding hydrogens is 465 g/mol. The van der Waals surface area contributed by atoms with Gasteiger partial charge in [0.05, 0.1) is 11.8 Å². The van der Waals surface area contributed by atoms with Crippen LogP contribution < -0.4 is 10.6 Å². The van der Waals surface area contributed by atoms with Crippen LogP contribution in [0.4, 0.5) is 0 Å². The SMILES string of the molecule is CCNC(=NCCCn1nc(C)cc1C)NC1C2CCOC2C12CCCC2.I. The van der Waals surface area contributed by atoms with E-state index >= 15 is 0 Å². The number of aromatic nitrogens is 2. The first kappa shape index (κ1) is 21.9. The van der Waals surface area contributed by atoms with Crippen LogP contribution in [0.3, 0.4) is 0 Å². The zero-order valence-corrected chi connectivity index (χ0v) is 19.9. The Bertz CT molecular complexity index is 682. The summed E-state index contributed by atoms with van der Waals surface area (Å²) in [5.41, 5.74) is 2.68. The maximum atomic E-state index is 6.11. The molecule has 158 valence electrons. The molecule has 2 N–H and O–H groups in total. The van der Waals surface area contributed by atoms with Gasteiger partial charge in [0.1, 0.15) is 0 Å². The maximum absolute atomic E-state index is 6.11. The van der Waals surface area contributed by atoms with Crippen molar-refractivity contribution in [2.45, 2.75) is 78.0 Å². The maximum Gasteiger partial charge on any atom is 0.191 e. The van der Waals surface area contributed by atoms with Crippen molar-refractivity contribution in [1.82, 2.24) is 20.4 Å². The number of nitrogens with one attached hydrogen (secondary N) is 2. The average molecular weight is 501 g/mol. The van der Waals surface area contributed by atoms with E-state index in [4.69, 9.17) is 9.73 Å². The van der Waals surface area contributed by atoms with Gasteiger partial charge in [-0.25, -0.2) is 0 Å². The van der Waals surface area contributed by atoms with Crippen LogP contribution in [0, 0.1) is 25.2 Å². The molecule has 2 aliphatic carbocycles. The van der Waals surface area contributed by atoms with E-state index < -0.39 is 0 Å². The van der Waals surface area contributed by atoms with Gasteiger partial charge in [0.15, 0.2) is 5.96 Å². The van der Waals surface area contributed by atoms with E-state index in [1.807, 2.05) is 6.92 Å². The van der Waals surface area contributed by atoms with Crippen molar-refractivity contribution >= 4 is 29.9 Å². The first-order valence-electron chi connectivity index (χ1n) is 10.8. The van der Waals surface area contributed by atoms with Crippen LogP contribution in [0.2, 0.25) is 0 Å². The van der Waals surface area contributed by atoms with Gasteiger partial charge in [-0.3, -0.25) is 9.67 Å². The molecule has 3 fully saturated rings. The van der Waals surface area contributed by atoms with Crippen LogP contribution in [0.25, 0.3) is 0 Å². The second kappa shape index (κ2) is 9.32. The summed E-state index contributed by atoms with van der Waals surface area (Å²) in [5, 5.41) is 11.8. The van der Waals surface area contributed by atoms with Crippen LogP contribution in [-0.2, 0) is 11.3 Å². The van der Waals surface area contributed by atoms with Crippen molar-refractivity contribution in [3.8, 4) is 0 Å². The van der Waals surface area contributed by atoms with Crippen molar-refractivity contribution in [1.29, 1.82) is 0 Å². The van der Waals surface area contributed by atoms with Crippen molar-refractivity contribution < 1.29 is 4.74 Å². The number of guanidine groups is 1. The molecule has 1 aromatic heterocycles. The third-order valence-corrected chi connectivity index (χ3v) is 6.82. The first-order valence-corrected chi connectivity index (χ1v) is 10.8. The van der Waals surface area contributed by atoms with E-state index in [0.29, 0.717) is 23.5 Å². The van der Waals surface area contributed by atoms with E-state index in [2.05, 4.69) is 40.3 Å². The zero-order chi connectivity index (χ0) is 18.9. The van der Waals surface area contributed by atoms with Gasteiger partial charge in [0.2, 0.25) is 0 Å². The fourth-order valence-corrected chi connectivity index (χ4v) is 5.68. The molecule has 0 bridgehead atoms. The molecule has 28 heavy (non-hydrogen) atoms. The molecule has 3 aliphatic rings. The van der Waals surface area contributed by atoms with Gasteiger partial charge in [-0.2, -0.15) is 5.10 Å². The Morgan fingerprint density at radius 2 is 2.14 bits per heavy atom. The summed E-state index contributed by atoms with van der Waals surface area (Å²) < 4.78 is 8.20. The molecule has 7 heteroatoms. The number of halogens is 1. The van der Waals surface area contributed by atoms with Gasteiger partial charge >= 0.3 is 0 Å². The van der Waals surface area contributed by atoms with Crippen LogP contribution in [0.1, 0.15) is 56.8 Å². The van der Waals surface area contributed by atoms with Gasteiger partial charge in [-0.05, 0) is 52.5 Å². The highest BCUT2D eigenvalue weighted by atomic mass is 127. The summed E-state index contributed by atoms with van der Waals surface area (Å²) in [7, 11) is 0. The van der Waals surface area contributed by atoms with Crippen molar-refractivity contribution in [3.05, 3.63) is 17.5 Å². The standard InChI is InChI=1S/C21H35N5O.HI/c1-4-22-20(23-11-7-12-26-16(3)14-15(2)25-26)24-18-17-8-13-27-19(17)21(18)9-5-6-10-21;/h14,17-19H,4-13H2,1-3H3,(H2,22,23,24);1H. The molecule has 6 nitrogen and oxygen atoms in total. The largest absolute Gasteiger partial charge is 0.377 e. The van der Waals surface area contributed by atoms with Gasteiger partial charge < -0.3 is 15.4 Å². The lowest BCUT2D eigenvalue weighted by Gasteiger charge is -2.57. The normalized spacial score (nSPS) is 28.0. The molecule has 1 aliphatic heterocycles. The van der Waals surface area contributed by atoms with Crippen LogP contribution >= 0.6 is 24.0 Å². The van der Waals surface area contributed by atoms with Crippen LogP contribution in [0.5, 0.6) is 0 Å². The predicted molar refractivity (Wildman–Crippen MR) is 123 cm³/mol.